The standard InChI is InChI=1S/C18H29N3O3.2ClH/c1-21(2)12-5-13-24-16-7-4-6-15(14-16)20-17(22)18(23-3)8-10-19-11-9-18;;/h4,6-7,14,19H,5,8-13H2,1-3H3,(H,20,22);2*1H. The van der Waals surface area contributed by atoms with Crippen molar-refractivity contribution in [3.05, 3.63) is 24.3 Å². The molecule has 26 heavy (non-hydrogen) atoms. The molecular weight excluding hydrogens is 377 g/mol. The smallest absolute Gasteiger partial charge is 0.256 e. The molecule has 0 aliphatic carbocycles. The third-order valence-corrected chi connectivity index (χ3v) is 4.33. The fourth-order valence-corrected chi connectivity index (χ4v) is 2.83. The number of piperidine rings is 1. The Morgan fingerprint density at radius 1 is 1.27 bits per heavy atom. The van der Waals surface area contributed by atoms with Crippen molar-refractivity contribution in [2.75, 3.05) is 52.8 Å². The van der Waals surface area contributed by atoms with Gasteiger partial charge in [-0.1, -0.05) is 6.07 Å². The summed E-state index contributed by atoms with van der Waals surface area (Å²) in [4.78, 5) is 14.8. The molecule has 0 saturated carbocycles. The number of hydrogen-bond donors (Lipinski definition) is 2. The number of nitrogens with zero attached hydrogens (tertiary/aromatic N) is 1. The second-order valence-corrected chi connectivity index (χ2v) is 6.44. The van der Waals surface area contributed by atoms with Crippen molar-refractivity contribution < 1.29 is 14.3 Å². The summed E-state index contributed by atoms with van der Waals surface area (Å²) in [5, 5.41) is 6.23. The van der Waals surface area contributed by atoms with Crippen LogP contribution in [0.2, 0.25) is 0 Å². The zero-order chi connectivity index (χ0) is 17.4. The van der Waals surface area contributed by atoms with Crippen LogP contribution in [0.1, 0.15) is 19.3 Å². The molecule has 1 saturated heterocycles. The molecule has 0 bridgehead atoms. The predicted molar refractivity (Wildman–Crippen MR) is 110 cm³/mol. The van der Waals surface area contributed by atoms with E-state index in [0.29, 0.717) is 19.4 Å². The fourth-order valence-electron chi connectivity index (χ4n) is 2.83. The maximum atomic E-state index is 12.7. The van der Waals surface area contributed by atoms with Crippen LogP contribution >= 0.6 is 24.8 Å². The first-order chi connectivity index (χ1) is 11.6. The minimum atomic E-state index is -0.742. The number of hydrogen-bond acceptors (Lipinski definition) is 5. The van der Waals surface area contributed by atoms with Gasteiger partial charge in [0.2, 0.25) is 0 Å². The maximum Gasteiger partial charge on any atom is 0.256 e. The van der Waals surface area contributed by atoms with Crippen LogP contribution < -0.4 is 15.4 Å². The molecule has 0 aromatic heterocycles. The molecule has 0 radical (unpaired) electrons. The van der Waals surface area contributed by atoms with E-state index in [1.807, 2.05) is 38.4 Å². The molecule has 1 aliphatic rings. The third-order valence-electron chi connectivity index (χ3n) is 4.33. The van der Waals surface area contributed by atoms with Crippen molar-refractivity contribution >= 4 is 36.4 Å². The van der Waals surface area contributed by atoms with E-state index in [0.717, 1.165) is 37.5 Å². The number of carbonyl (C=O) groups is 1. The second kappa shape index (κ2) is 12.4. The second-order valence-electron chi connectivity index (χ2n) is 6.44. The zero-order valence-electron chi connectivity index (χ0n) is 15.7. The summed E-state index contributed by atoms with van der Waals surface area (Å²) in [6, 6.07) is 7.52. The Morgan fingerprint density at radius 2 is 1.96 bits per heavy atom. The molecule has 0 atom stereocenters. The van der Waals surface area contributed by atoms with Gasteiger partial charge in [-0.25, -0.2) is 0 Å². The molecule has 1 fully saturated rings. The molecule has 1 aromatic carbocycles. The lowest BCUT2D eigenvalue weighted by Crippen LogP contribution is -2.51. The van der Waals surface area contributed by atoms with E-state index in [4.69, 9.17) is 9.47 Å². The van der Waals surface area contributed by atoms with Gasteiger partial charge in [-0.2, -0.15) is 0 Å². The molecule has 1 aliphatic heterocycles. The summed E-state index contributed by atoms with van der Waals surface area (Å²) in [6.45, 7) is 3.22. The summed E-state index contributed by atoms with van der Waals surface area (Å²) < 4.78 is 11.3. The first-order valence-electron chi connectivity index (χ1n) is 8.51. The molecule has 8 heteroatoms. The van der Waals surface area contributed by atoms with E-state index in [1.54, 1.807) is 7.11 Å². The van der Waals surface area contributed by atoms with Gasteiger partial charge in [0.15, 0.2) is 0 Å². The van der Waals surface area contributed by atoms with E-state index < -0.39 is 5.60 Å². The highest BCUT2D eigenvalue weighted by molar-refractivity contribution is 5.97. The van der Waals surface area contributed by atoms with E-state index in [2.05, 4.69) is 15.5 Å². The summed E-state index contributed by atoms with van der Waals surface area (Å²) in [5.74, 6) is 0.680. The van der Waals surface area contributed by atoms with Crippen molar-refractivity contribution in [1.29, 1.82) is 0 Å². The van der Waals surface area contributed by atoms with Crippen LogP contribution in [0.4, 0.5) is 5.69 Å². The molecule has 2 N–H and O–H groups in total. The van der Waals surface area contributed by atoms with Gasteiger partial charge in [-0.05, 0) is 58.6 Å². The van der Waals surface area contributed by atoms with Crippen LogP contribution in [0.25, 0.3) is 0 Å². The number of carbonyl (C=O) groups excluding carboxylic acids is 1. The van der Waals surface area contributed by atoms with Gasteiger partial charge in [0.05, 0.1) is 6.61 Å². The number of rotatable bonds is 8. The largest absolute Gasteiger partial charge is 0.493 e. The molecule has 0 unspecified atom stereocenters. The first-order valence-corrected chi connectivity index (χ1v) is 8.51. The quantitative estimate of drug-likeness (QED) is 0.648. The number of benzene rings is 1. The Balaban J connectivity index is 0.00000312. The topological polar surface area (TPSA) is 62.8 Å². The molecule has 1 aromatic rings. The highest BCUT2D eigenvalue weighted by atomic mass is 35.5. The van der Waals surface area contributed by atoms with Crippen LogP contribution in [-0.2, 0) is 9.53 Å². The van der Waals surface area contributed by atoms with Crippen LogP contribution in [0.5, 0.6) is 5.75 Å². The number of amides is 1. The van der Waals surface area contributed by atoms with Gasteiger partial charge >= 0.3 is 0 Å². The fraction of sp³-hybridized carbons (Fsp3) is 0.611. The number of halogens is 2. The zero-order valence-corrected chi connectivity index (χ0v) is 17.4. The van der Waals surface area contributed by atoms with Crippen LogP contribution in [0.3, 0.4) is 0 Å². The summed E-state index contributed by atoms with van der Waals surface area (Å²) >= 11 is 0. The molecule has 0 spiro atoms. The van der Waals surface area contributed by atoms with Gasteiger partial charge in [0.25, 0.3) is 5.91 Å². The maximum absolute atomic E-state index is 12.7. The molecule has 6 nitrogen and oxygen atoms in total. The summed E-state index contributed by atoms with van der Waals surface area (Å²) in [7, 11) is 5.69. The van der Waals surface area contributed by atoms with Gasteiger partial charge in [0.1, 0.15) is 11.4 Å². The SMILES string of the molecule is COC1(C(=O)Nc2cccc(OCCCN(C)C)c2)CCNCC1.Cl.Cl. The summed E-state index contributed by atoms with van der Waals surface area (Å²) in [5.41, 5.74) is -0.00607. The Morgan fingerprint density at radius 3 is 2.58 bits per heavy atom. The molecule has 1 heterocycles. The summed E-state index contributed by atoms with van der Waals surface area (Å²) in [6.07, 6.45) is 2.31. The lowest BCUT2D eigenvalue weighted by molar-refractivity contribution is -0.140. The minimum Gasteiger partial charge on any atom is -0.493 e. The van der Waals surface area contributed by atoms with Crippen molar-refractivity contribution in [2.24, 2.45) is 0 Å². The normalized spacial score (nSPS) is 15.5. The van der Waals surface area contributed by atoms with Crippen molar-refractivity contribution in [3.63, 3.8) is 0 Å². The Bertz CT molecular complexity index is 538. The number of nitrogens with one attached hydrogen (secondary N) is 2. The first kappa shape index (κ1) is 24.9. The van der Waals surface area contributed by atoms with Gasteiger partial charge in [0, 0.05) is 25.4 Å². The van der Waals surface area contributed by atoms with Gasteiger partial charge < -0.3 is 25.0 Å². The molecule has 150 valence electrons. The average molecular weight is 408 g/mol. The van der Waals surface area contributed by atoms with Gasteiger partial charge in [-0.15, -0.1) is 24.8 Å². The highest BCUT2D eigenvalue weighted by Crippen LogP contribution is 2.25. The van der Waals surface area contributed by atoms with Crippen molar-refractivity contribution in [1.82, 2.24) is 10.2 Å². The van der Waals surface area contributed by atoms with Crippen molar-refractivity contribution in [2.45, 2.75) is 24.9 Å². The lowest BCUT2D eigenvalue weighted by atomic mass is 9.91. The van der Waals surface area contributed by atoms with E-state index in [1.165, 1.54) is 0 Å². The van der Waals surface area contributed by atoms with Crippen LogP contribution in [0.15, 0.2) is 24.3 Å². The highest BCUT2D eigenvalue weighted by Gasteiger charge is 2.39. The Labute approximate surface area is 168 Å². The lowest BCUT2D eigenvalue weighted by Gasteiger charge is -2.34. The van der Waals surface area contributed by atoms with Crippen LogP contribution in [-0.4, -0.2) is 63.9 Å². The number of ether oxygens (including phenoxy) is 2. The number of anilines is 1. The Hall–Kier alpha value is -1.05. The van der Waals surface area contributed by atoms with Crippen LogP contribution in [0, 0.1) is 0 Å². The Kier molecular flexibility index (Phi) is 11.9. The monoisotopic (exact) mass is 407 g/mol. The minimum absolute atomic E-state index is 0. The predicted octanol–water partition coefficient (Wildman–Crippen LogP) is 2.57. The molecule has 2 rings (SSSR count). The number of methoxy groups -OCH3 is 1. The van der Waals surface area contributed by atoms with E-state index in [-0.39, 0.29) is 30.7 Å². The average Bonchev–Trinajstić information content (AvgIpc) is 2.59. The van der Waals surface area contributed by atoms with Crippen molar-refractivity contribution in [3.8, 4) is 5.75 Å². The van der Waals surface area contributed by atoms with Gasteiger partial charge in [-0.3, -0.25) is 4.79 Å². The molecule has 1 amide bonds. The van der Waals surface area contributed by atoms with E-state index in [9.17, 15) is 4.79 Å². The molecular formula is C18H31Cl2N3O3. The van der Waals surface area contributed by atoms with E-state index >= 15 is 0 Å². The third kappa shape index (κ3) is 7.29.